The summed E-state index contributed by atoms with van der Waals surface area (Å²) in [6.07, 6.45) is 7.40. The summed E-state index contributed by atoms with van der Waals surface area (Å²) < 4.78 is 17.6. The second-order valence-electron chi connectivity index (χ2n) is 5.39. The Bertz CT molecular complexity index is 237. The smallest absolute Gasteiger partial charge is 0.168 e. The second kappa shape index (κ2) is 5.22. The molecular weight excluding hydrogens is 218 g/mol. The van der Waals surface area contributed by atoms with Crippen molar-refractivity contribution in [3.05, 3.63) is 0 Å². The first kappa shape index (κ1) is 11.9. The molecule has 3 rings (SSSR count). The lowest BCUT2D eigenvalue weighted by Gasteiger charge is -2.37. The van der Waals surface area contributed by atoms with E-state index in [4.69, 9.17) is 14.2 Å². The van der Waals surface area contributed by atoms with Crippen LogP contribution in [-0.2, 0) is 14.2 Å². The van der Waals surface area contributed by atoms with E-state index in [1.807, 2.05) is 0 Å². The molecule has 98 valence electrons. The zero-order valence-electron chi connectivity index (χ0n) is 10.5. The third kappa shape index (κ3) is 2.81. The lowest BCUT2D eigenvalue weighted by molar-refractivity contribution is -0.196. The largest absolute Gasteiger partial charge is 0.375 e. The number of piperidine rings is 1. The van der Waals surface area contributed by atoms with E-state index in [0.717, 1.165) is 64.8 Å². The van der Waals surface area contributed by atoms with Crippen molar-refractivity contribution in [3.63, 3.8) is 0 Å². The van der Waals surface area contributed by atoms with Gasteiger partial charge in [-0.1, -0.05) is 0 Å². The number of ether oxygens (including phenoxy) is 3. The van der Waals surface area contributed by atoms with Crippen molar-refractivity contribution in [3.8, 4) is 0 Å². The summed E-state index contributed by atoms with van der Waals surface area (Å²) in [5.74, 6) is -0.242. The zero-order valence-corrected chi connectivity index (χ0v) is 10.5. The van der Waals surface area contributed by atoms with Gasteiger partial charge in [-0.3, -0.25) is 0 Å². The van der Waals surface area contributed by atoms with Crippen LogP contribution in [0.15, 0.2) is 0 Å². The van der Waals surface area contributed by atoms with Gasteiger partial charge in [-0.05, 0) is 38.8 Å². The van der Waals surface area contributed by atoms with E-state index in [0.29, 0.717) is 12.2 Å². The summed E-state index contributed by atoms with van der Waals surface area (Å²) in [6.45, 7) is 3.74. The molecule has 3 fully saturated rings. The fraction of sp³-hybridized carbons (Fsp3) is 1.00. The summed E-state index contributed by atoms with van der Waals surface area (Å²) in [6, 6.07) is 0. The van der Waals surface area contributed by atoms with Crippen molar-refractivity contribution in [1.29, 1.82) is 0 Å². The van der Waals surface area contributed by atoms with Gasteiger partial charge in [-0.15, -0.1) is 0 Å². The minimum Gasteiger partial charge on any atom is -0.375 e. The minimum atomic E-state index is -0.242. The molecular formula is C13H23NO3. The molecule has 1 spiro atoms. The Kier molecular flexibility index (Phi) is 3.66. The summed E-state index contributed by atoms with van der Waals surface area (Å²) >= 11 is 0. The van der Waals surface area contributed by atoms with Crippen LogP contribution in [0, 0.1) is 0 Å². The molecule has 0 aromatic carbocycles. The topological polar surface area (TPSA) is 39.7 Å². The van der Waals surface area contributed by atoms with Crippen LogP contribution in [0.5, 0.6) is 0 Å². The molecule has 0 amide bonds. The zero-order chi connectivity index (χ0) is 11.6. The van der Waals surface area contributed by atoms with Crippen molar-refractivity contribution < 1.29 is 14.2 Å². The molecule has 2 saturated heterocycles. The van der Waals surface area contributed by atoms with Crippen LogP contribution in [0.4, 0.5) is 0 Å². The Hall–Kier alpha value is -0.160. The van der Waals surface area contributed by atoms with Crippen LogP contribution in [0.1, 0.15) is 38.5 Å². The van der Waals surface area contributed by atoms with Gasteiger partial charge in [0.15, 0.2) is 5.79 Å². The van der Waals surface area contributed by atoms with E-state index >= 15 is 0 Å². The van der Waals surface area contributed by atoms with Crippen molar-refractivity contribution in [1.82, 2.24) is 5.32 Å². The number of hydrogen-bond acceptors (Lipinski definition) is 4. The van der Waals surface area contributed by atoms with Crippen LogP contribution in [-0.4, -0.2) is 44.3 Å². The van der Waals surface area contributed by atoms with Crippen LogP contribution in [0.2, 0.25) is 0 Å². The molecule has 0 unspecified atom stereocenters. The highest BCUT2D eigenvalue weighted by Crippen LogP contribution is 2.37. The number of hydrogen-bond donors (Lipinski definition) is 1. The first-order valence-electron chi connectivity index (χ1n) is 7.00. The van der Waals surface area contributed by atoms with Gasteiger partial charge in [0.25, 0.3) is 0 Å². The summed E-state index contributed by atoms with van der Waals surface area (Å²) in [5.41, 5.74) is 0. The summed E-state index contributed by atoms with van der Waals surface area (Å²) in [5, 5.41) is 3.37. The molecule has 4 nitrogen and oxygen atoms in total. The second-order valence-corrected chi connectivity index (χ2v) is 5.39. The van der Waals surface area contributed by atoms with Gasteiger partial charge in [-0.2, -0.15) is 0 Å². The standard InChI is InChI=1S/C13H23NO3/c1-5-13(15-9-10-16-13)6-2-11(1)17-12-3-7-14-8-4-12/h11-12,14H,1-10H2. The van der Waals surface area contributed by atoms with Gasteiger partial charge < -0.3 is 19.5 Å². The maximum Gasteiger partial charge on any atom is 0.168 e. The molecule has 0 aromatic rings. The van der Waals surface area contributed by atoms with Crippen LogP contribution in [0.25, 0.3) is 0 Å². The van der Waals surface area contributed by atoms with Gasteiger partial charge in [0.1, 0.15) is 0 Å². The Morgan fingerprint density at radius 1 is 0.882 bits per heavy atom. The Labute approximate surface area is 103 Å². The highest BCUT2D eigenvalue weighted by Gasteiger charge is 2.40. The maximum absolute atomic E-state index is 6.18. The van der Waals surface area contributed by atoms with Crippen molar-refractivity contribution in [2.45, 2.75) is 56.5 Å². The van der Waals surface area contributed by atoms with Crippen molar-refractivity contribution >= 4 is 0 Å². The van der Waals surface area contributed by atoms with Crippen LogP contribution < -0.4 is 5.32 Å². The van der Waals surface area contributed by atoms with E-state index in [1.54, 1.807) is 0 Å². The van der Waals surface area contributed by atoms with Gasteiger partial charge >= 0.3 is 0 Å². The van der Waals surface area contributed by atoms with Crippen LogP contribution in [0.3, 0.4) is 0 Å². The van der Waals surface area contributed by atoms with Gasteiger partial charge in [0.05, 0.1) is 25.4 Å². The molecule has 0 radical (unpaired) electrons. The number of rotatable bonds is 2. The predicted octanol–water partition coefficient (Wildman–Crippen LogP) is 1.44. The van der Waals surface area contributed by atoms with Gasteiger partial charge in [0.2, 0.25) is 0 Å². The van der Waals surface area contributed by atoms with E-state index in [-0.39, 0.29) is 5.79 Å². The average Bonchev–Trinajstić information content (AvgIpc) is 2.83. The van der Waals surface area contributed by atoms with E-state index in [1.165, 1.54) is 0 Å². The van der Waals surface area contributed by atoms with E-state index < -0.39 is 0 Å². The van der Waals surface area contributed by atoms with Gasteiger partial charge in [-0.25, -0.2) is 0 Å². The summed E-state index contributed by atoms with van der Waals surface area (Å²) in [7, 11) is 0. The predicted molar refractivity (Wildman–Crippen MR) is 63.9 cm³/mol. The van der Waals surface area contributed by atoms with Crippen LogP contribution >= 0.6 is 0 Å². The molecule has 3 aliphatic rings. The average molecular weight is 241 g/mol. The highest BCUT2D eigenvalue weighted by atomic mass is 16.7. The Morgan fingerprint density at radius 2 is 1.47 bits per heavy atom. The van der Waals surface area contributed by atoms with Crippen molar-refractivity contribution in [2.24, 2.45) is 0 Å². The molecule has 17 heavy (non-hydrogen) atoms. The monoisotopic (exact) mass is 241 g/mol. The van der Waals surface area contributed by atoms with E-state index in [9.17, 15) is 0 Å². The van der Waals surface area contributed by atoms with Crippen molar-refractivity contribution in [2.75, 3.05) is 26.3 Å². The third-order valence-electron chi connectivity index (χ3n) is 4.18. The fourth-order valence-corrected chi connectivity index (χ4v) is 3.16. The molecule has 1 saturated carbocycles. The quantitative estimate of drug-likeness (QED) is 0.794. The van der Waals surface area contributed by atoms with E-state index in [2.05, 4.69) is 5.32 Å². The number of nitrogens with one attached hydrogen (secondary N) is 1. The Morgan fingerprint density at radius 3 is 2.12 bits per heavy atom. The molecule has 0 atom stereocenters. The molecule has 4 heteroatoms. The fourth-order valence-electron chi connectivity index (χ4n) is 3.16. The molecule has 0 bridgehead atoms. The lowest BCUT2D eigenvalue weighted by Crippen LogP contribution is -2.40. The molecule has 2 heterocycles. The maximum atomic E-state index is 6.18. The van der Waals surface area contributed by atoms with Gasteiger partial charge in [0, 0.05) is 12.8 Å². The SMILES string of the molecule is C1CC(OC2CCC3(CC2)OCCO3)CCN1. The first-order valence-corrected chi connectivity index (χ1v) is 7.00. The minimum absolute atomic E-state index is 0.242. The third-order valence-corrected chi connectivity index (χ3v) is 4.18. The normalized spacial score (nSPS) is 31.1. The molecule has 1 aliphatic carbocycles. The molecule has 1 N–H and O–H groups in total. The summed E-state index contributed by atoms with van der Waals surface area (Å²) in [4.78, 5) is 0. The molecule has 0 aromatic heterocycles. The first-order chi connectivity index (χ1) is 8.36. The Balaban J connectivity index is 1.44. The highest BCUT2D eigenvalue weighted by molar-refractivity contribution is 4.83. The molecule has 2 aliphatic heterocycles. The lowest BCUT2D eigenvalue weighted by atomic mass is 9.91.